The Bertz CT molecular complexity index is 1400. The molecule has 3 aromatic carbocycles. The lowest BCUT2D eigenvalue weighted by Crippen LogP contribution is -2.29. The third-order valence-electron chi connectivity index (χ3n) is 5.36. The number of hydrogen-bond acceptors (Lipinski definition) is 7. The highest BCUT2D eigenvalue weighted by atomic mass is 32.2. The number of fused-ring (bicyclic) bond motifs is 3. The minimum absolute atomic E-state index is 0.00503. The van der Waals surface area contributed by atoms with E-state index in [1.54, 1.807) is 0 Å². The number of aliphatic hydroxyl groups is 1. The summed E-state index contributed by atoms with van der Waals surface area (Å²) in [6.07, 6.45) is -0.907. The SMILES string of the molecule is CN(C)S(=O)(=O)Nc1cc(C(O)CNCCOc2ccc3c(c2)oc2ccccc23)ccc1O. The summed E-state index contributed by atoms with van der Waals surface area (Å²) < 4.78 is 39.0. The van der Waals surface area contributed by atoms with E-state index in [1.165, 1.54) is 32.3 Å². The van der Waals surface area contributed by atoms with Gasteiger partial charge in [-0.2, -0.15) is 12.7 Å². The van der Waals surface area contributed by atoms with Crippen LogP contribution in [0.5, 0.6) is 11.5 Å². The van der Waals surface area contributed by atoms with E-state index < -0.39 is 16.3 Å². The maximum absolute atomic E-state index is 12.0. The quantitative estimate of drug-likeness (QED) is 0.201. The molecule has 0 fully saturated rings. The molecule has 0 radical (unpaired) electrons. The van der Waals surface area contributed by atoms with E-state index in [4.69, 9.17) is 9.15 Å². The summed E-state index contributed by atoms with van der Waals surface area (Å²) in [4.78, 5) is 0. The number of benzene rings is 3. The van der Waals surface area contributed by atoms with E-state index in [0.717, 1.165) is 26.2 Å². The number of phenolic OH excluding ortho intramolecular Hbond substituents is 1. The van der Waals surface area contributed by atoms with Gasteiger partial charge < -0.3 is 24.7 Å². The van der Waals surface area contributed by atoms with Gasteiger partial charge in [-0.05, 0) is 35.9 Å². The van der Waals surface area contributed by atoms with Crippen LogP contribution in [0.4, 0.5) is 5.69 Å². The second-order valence-corrected chi connectivity index (χ2v) is 9.88. The molecule has 0 aliphatic rings. The maximum Gasteiger partial charge on any atom is 0.301 e. The van der Waals surface area contributed by atoms with E-state index in [1.807, 2.05) is 42.5 Å². The van der Waals surface area contributed by atoms with Gasteiger partial charge in [-0.25, -0.2) is 0 Å². The molecule has 0 bridgehead atoms. The molecule has 0 aliphatic carbocycles. The molecule has 1 atom stereocenters. The number of aliphatic hydroxyl groups excluding tert-OH is 1. The number of nitrogens with zero attached hydrogens (tertiary/aromatic N) is 1. The molecule has 4 aromatic rings. The predicted octanol–water partition coefficient (Wildman–Crippen LogP) is 3.21. The van der Waals surface area contributed by atoms with Crippen molar-refractivity contribution in [2.45, 2.75) is 6.10 Å². The zero-order chi connectivity index (χ0) is 24.3. The van der Waals surface area contributed by atoms with Crippen LogP contribution < -0.4 is 14.8 Å². The van der Waals surface area contributed by atoms with E-state index >= 15 is 0 Å². The first-order valence-corrected chi connectivity index (χ1v) is 12.1. The first kappa shape index (κ1) is 23.8. The molecule has 1 heterocycles. The maximum atomic E-state index is 12.0. The third-order valence-corrected chi connectivity index (χ3v) is 6.80. The molecular formula is C24H27N3O6S. The van der Waals surface area contributed by atoms with Gasteiger partial charge in [-0.15, -0.1) is 0 Å². The Morgan fingerprint density at radius 3 is 2.59 bits per heavy atom. The summed E-state index contributed by atoms with van der Waals surface area (Å²) in [7, 11) is -1.04. The van der Waals surface area contributed by atoms with Gasteiger partial charge in [0.1, 0.15) is 29.3 Å². The topological polar surface area (TPSA) is 124 Å². The molecule has 1 aromatic heterocycles. The van der Waals surface area contributed by atoms with Crippen LogP contribution in [-0.4, -0.2) is 56.7 Å². The summed E-state index contributed by atoms with van der Waals surface area (Å²) in [5.74, 6) is 0.453. The van der Waals surface area contributed by atoms with E-state index in [9.17, 15) is 18.6 Å². The zero-order valence-corrected chi connectivity index (χ0v) is 19.7. The average molecular weight is 486 g/mol. The van der Waals surface area contributed by atoms with E-state index in [0.29, 0.717) is 24.5 Å². The van der Waals surface area contributed by atoms with Gasteiger partial charge in [0.2, 0.25) is 0 Å². The number of phenols is 1. The van der Waals surface area contributed by atoms with Crippen LogP contribution in [0.2, 0.25) is 0 Å². The van der Waals surface area contributed by atoms with E-state index in [2.05, 4.69) is 10.0 Å². The number of hydrogen-bond donors (Lipinski definition) is 4. The normalized spacial score (nSPS) is 12.9. The van der Waals surface area contributed by atoms with Gasteiger partial charge in [-0.3, -0.25) is 4.72 Å². The van der Waals surface area contributed by atoms with E-state index in [-0.39, 0.29) is 18.0 Å². The standard InChI is InChI=1S/C24H27N3O6S/c1-27(2)34(30,31)26-20-13-16(7-10-21(20)28)22(29)15-25-11-12-32-17-8-9-19-18-5-3-4-6-23(18)33-24(19)14-17/h3-10,13-14,22,25-26,28-29H,11-12,15H2,1-2H3. The predicted molar refractivity (Wildman–Crippen MR) is 131 cm³/mol. The van der Waals surface area contributed by atoms with Crippen LogP contribution in [0.1, 0.15) is 11.7 Å². The molecule has 4 N–H and O–H groups in total. The number of anilines is 1. The fraction of sp³-hybridized carbons (Fsp3) is 0.250. The first-order chi connectivity index (χ1) is 16.2. The van der Waals surface area contributed by atoms with Crippen molar-refractivity contribution < 1.29 is 27.8 Å². The molecule has 0 saturated heterocycles. The number of ether oxygens (including phenoxy) is 1. The second kappa shape index (κ2) is 9.90. The monoisotopic (exact) mass is 485 g/mol. The highest BCUT2D eigenvalue weighted by Crippen LogP contribution is 2.31. The summed E-state index contributed by atoms with van der Waals surface area (Å²) in [6, 6.07) is 17.9. The van der Waals surface area contributed by atoms with Crippen LogP contribution in [0.15, 0.2) is 65.1 Å². The minimum Gasteiger partial charge on any atom is -0.506 e. The zero-order valence-electron chi connectivity index (χ0n) is 18.9. The van der Waals surface area contributed by atoms with Crippen molar-refractivity contribution in [1.82, 2.24) is 9.62 Å². The lowest BCUT2D eigenvalue weighted by atomic mass is 10.1. The number of aromatic hydroxyl groups is 1. The first-order valence-electron chi connectivity index (χ1n) is 10.7. The third kappa shape index (κ3) is 5.26. The van der Waals surface area contributed by atoms with Crippen molar-refractivity contribution in [3.8, 4) is 11.5 Å². The number of para-hydroxylation sites is 1. The van der Waals surface area contributed by atoms with Crippen LogP contribution >= 0.6 is 0 Å². The highest BCUT2D eigenvalue weighted by Gasteiger charge is 2.17. The Morgan fingerprint density at radius 2 is 1.79 bits per heavy atom. The lowest BCUT2D eigenvalue weighted by molar-refractivity contribution is 0.172. The number of rotatable bonds is 10. The molecule has 0 amide bonds. The molecule has 34 heavy (non-hydrogen) atoms. The Kier molecular flexibility index (Phi) is 6.94. The minimum atomic E-state index is -3.79. The Morgan fingerprint density at radius 1 is 1.03 bits per heavy atom. The summed E-state index contributed by atoms with van der Waals surface area (Å²) in [5, 5.41) is 25.6. The Balaban J connectivity index is 1.29. The Hall–Kier alpha value is -3.31. The van der Waals surface area contributed by atoms with Gasteiger partial charge >= 0.3 is 10.2 Å². The van der Waals surface area contributed by atoms with Gasteiger partial charge in [-0.1, -0.05) is 24.3 Å². The van der Waals surface area contributed by atoms with Crippen molar-refractivity contribution in [3.05, 3.63) is 66.2 Å². The fourth-order valence-electron chi connectivity index (χ4n) is 3.47. The largest absolute Gasteiger partial charge is 0.506 e. The van der Waals surface area contributed by atoms with Gasteiger partial charge in [0, 0.05) is 44.0 Å². The molecule has 0 aliphatic heterocycles. The second-order valence-electron chi connectivity index (χ2n) is 7.99. The Labute approximate surface area is 197 Å². The van der Waals surface area contributed by atoms with Crippen molar-refractivity contribution in [2.75, 3.05) is 38.5 Å². The molecule has 4 rings (SSSR count). The van der Waals surface area contributed by atoms with Crippen LogP contribution in [0.25, 0.3) is 21.9 Å². The van der Waals surface area contributed by atoms with Crippen LogP contribution in [0.3, 0.4) is 0 Å². The number of nitrogens with one attached hydrogen (secondary N) is 2. The molecule has 180 valence electrons. The van der Waals surface area contributed by atoms with Gasteiger partial charge in [0.15, 0.2) is 0 Å². The summed E-state index contributed by atoms with van der Waals surface area (Å²) in [5.41, 5.74) is 2.04. The average Bonchev–Trinajstić information content (AvgIpc) is 3.17. The molecule has 10 heteroatoms. The fourth-order valence-corrected chi connectivity index (χ4v) is 4.09. The molecule has 0 spiro atoms. The van der Waals surface area contributed by atoms with Crippen molar-refractivity contribution in [3.63, 3.8) is 0 Å². The smallest absolute Gasteiger partial charge is 0.301 e. The van der Waals surface area contributed by atoms with Crippen LogP contribution in [0, 0.1) is 0 Å². The van der Waals surface area contributed by atoms with Crippen molar-refractivity contribution in [2.24, 2.45) is 0 Å². The van der Waals surface area contributed by atoms with Gasteiger partial charge in [0.25, 0.3) is 0 Å². The molecule has 0 saturated carbocycles. The van der Waals surface area contributed by atoms with Crippen LogP contribution in [-0.2, 0) is 10.2 Å². The molecule has 1 unspecified atom stereocenters. The van der Waals surface area contributed by atoms with Crippen molar-refractivity contribution in [1.29, 1.82) is 0 Å². The van der Waals surface area contributed by atoms with Gasteiger partial charge in [0.05, 0.1) is 11.8 Å². The lowest BCUT2D eigenvalue weighted by Gasteiger charge is -2.17. The summed E-state index contributed by atoms with van der Waals surface area (Å²) >= 11 is 0. The molecular weight excluding hydrogens is 458 g/mol. The highest BCUT2D eigenvalue weighted by molar-refractivity contribution is 7.90. The number of furan rings is 1. The molecule has 9 nitrogen and oxygen atoms in total. The summed E-state index contributed by atoms with van der Waals surface area (Å²) in [6.45, 7) is 1.08. The van der Waals surface area contributed by atoms with Crippen molar-refractivity contribution >= 4 is 37.8 Å².